The quantitative estimate of drug-likeness (QED) is 0.769. The van der Waals surface area contributed by atoms with E-state index in [1.165, 1.54) is 32.1 Å². The van der Waals surface area contributed by atoms with E-state index in [1.807, 2.05) is 0 Å². The number of hydrogen-bond donors (Lipinski definition) is 2. The fraction of sp³-hybridized carbons (Fsp3) is 0.938. The molecule has 2 unspecified atom stereocenters. The molecule has 0 amide bonds. The second kappa shape index (κ2) is 6.43. The standard InChI is InChI=1S/C16H30N2S/c1-10(2)13-6-5-7-14(11(3)4)15(13)18-16(19)17-12-8-9-12/h10-15H,5-9H2,1-4H3,(H2,17,18,19). The van der Waals surface area contributed by atoms with Crippen molar-refractivity contribution in [3.05, 3.63) is 0 Å². The molecule has 2 nitrogen and oxygen atoms in total. The van der Waals surface area contributed by atoms with Crippen LogP contribution in [0.5, 0.6) is 0 Å². The SMILES string of the molecule is CC(C)C1CCCC(C(C)C)C1NC(=S)NC1CC1. The summed E-state index contributed by atoms with van der Waals surface area (Å²) >= 11 is 5.51. The third kappa shape index (κ3) is 4.08. The summed E-state index contributed by atoms with van der Waals surface area (Å²) in [5, 5.41) is 8.01. The van der Waals surface area contributed by atoms with Gasteiger partial charge < -0.3 is 10.6 Å². The fourth-order valence-corrected chi connectivity index (χ4v) is 3.88. The van der Waals surface area contributed by atoms with Gasteiger partial charge in [-0.25, -0.2) is 0 Å². The van der Waals surface area contributed by atoms with Crippen molar-refractivity contribution in [2.45, 2.75) is 71.9 Å². The van der Waals surface area contributed by atoms with E-state index in [1.54, 1.807) is 0 Å². The summed E-state index contributed by atoms with van der Waals surface area (Å²) in [5.74, 6) is 3.01. The predicted octanol–water partition coefficient (Wildman–Crippen LogP) is 3.71. The van der Waals surface area contributed by atoms with Gasteiger partial charge in [-0.3, -0.25) is 0 Å². The Balaban J connectivity index is 2.00. The molecule has 0 aromatic heterocycles. The molecule has 19 heavy (non-hydrogen) atoms. The first-order valence-corrected chi connectivity index (χ1v) is 8.47. The molecule has 3 heteroatoms. The summed E-state index contributed by atoms with van der Waals surface area (Å²) in [6.07, 6.45) is 6.66. The first kappa shape index (κ1) is 15.1. The first-order valence-electron chi connectivity index (χ1n) is 8.06. The Labute approximate surface area is 124 Å². The minimum absolute atomic E-state index is 0.562. The number of rotatable bonds is 4. The van der Waals surface area contributed by atoms with E-state index >= 15 is 0 Å². The number of thiocarbonyl (C=S) groups is 1. The average molecular weight is 282 g/mol. The van der Waals surface area contributed by atoms with Gasteiger partial charge >= 0.3 is 0 Å². The van der Waals surface area contributed by atoms with Crippen LogP contribution in [0.15, 0.2) is 0 Å². The molecule has 0 aliphatic heterocycles. The van der Waals surface area contributed by atoms with Gasteiger partial charge in [-0.1, -0.05) is 34.1 Å². The van der Waals surface area contributed by atoms with E-state index < -0.39 is 0 Å². The Kier molecular flexibility index (Phi) is 5.10. The molecule has 2 N–H and O–H groups in total. The maximum atomic E-state index is 5.51. The Morgan fingerprint density at radius 3 is 1.84 bits per heavy atom. The zero-order valence-electron chi connectivity index (χ0n) is 12.9. The molecule has 0 radical (unpaired) electrons. The fourth-order valence-electron chi connectivity index (χ4n) is 3.58. The van der Waals surface area contributed by atoms with Gasteiger partial charge in [-0.2, -0.15) is 0 Å². The Morgan fingerprint density at radius 1 is 0.895 bits per heavy atom. The van der Waals surface area contributed by atoms with E-state index in [2.05, 4.69) is 38.3 Å². The summed E-state index contributed by atoms with van der Waals surface area (Å²) in [6, 6.07) is 1.21. The molecule has 0 spiro atoms. The highest BCUT2D eigenvalue weighted by atomic mass is 32.1. The lowest BCUT2D eigenvalue weighted by molar-refractivity contribution is 0.127. The molecular weight excluding hydrogens is 252 g/mol. The maximum Gasteiger partial charge on any atom is 0.166 e. The van der Waals surface area contributed by atoms with Crippen LogP contribution >= 0.6 is 12.2 Å². The lowest BCUT2D eigenvalue weighted by atomic mass is 9.68. The second-order valence-corrected chi connectivity index (χ2v) is 7.57. The third-order valence-electron chi connectivity index (χ3n) is 4.92. The highest BCUT2D eigenvalue weighted by Crippen LogP contribution is 2.37. The number of nitrogens with one attached hydrogen (secondary N) is 2. The minimum atomic E-state index is 0.562. The first-order chi connectivity index (χ1) is 8.99. The van der Waals surface area contributed by atoms with Crippen molar-refractivity contribution >= 4 is 17.3 Å². The Morgan fingerprint density at radius 2 is 1.42 bits per heavy atom. The summed E-state index contributed by atoms with van der Waals surface area (Å²) in [5.41, 5.74) is 0. The van der Waals surface area contributed by atoms with Gasteiger partial charge in [-0.15, -0.1) is 0 Å². The zero-order valence-corrected chi connectivity index (χ0v) is 13.7. The van der Waals surface area contributed by atoms with Crippen LogP contribution in [0.4, 0.5) is 0 Å². The van der Waals surface area contributed by atoms with Gasteiger partial charge in [-0.05, 0) is 61.6 Å². The largest absolute Gasteiger partial charge is 0.360 e. The molecule has 0 heterocycles. The third-order valence-corrected chi connectivity index (χ3v) is 5.16. The van der Waals surface area contributed by atoms with Crippen molar-refractivity contribution in [3.8, 4) is 0 Å². The van der Waals surface area contributed by atoms with Crippen molar-refractivity contribution in [2.75, 3.05) is 0 Å². The maximum absolute atomic E-state index is 5.51. The lowest BCUT2D eigenvalue weighted by Crippen LogP contribution is -2.53. The van der Waals surface area contributed by atoms with Crippen LogP contribution in [0, 0.1) is 23.7 Å². The second-order valence-electron chi connectivity index (χ2n) is 7.16. The molecule has 110 valence electrons. The lowest BCUT2D eigenvalue weighted by Gasteiger charge is -2.43. The van der Waals surface area contributed by atoms with Crippen LogP contribution in [-0.2, 0) is 0 Å². The van der Waals surface area contributed by atoms with Gasteiger partial charge in [0, 0.05) is 12.1 Å². The Hall–Kier alpha value is -0.310. The molecule has 2 atom stereocenters. The molecule has 0 saturated heterocycles. The van der Waals surface area contributed by atoms with E-state index in [0.717, 1.165) is 28.8 Å². The topological polar surface area (TPSA) is 24.1 Å². The van der Waals surface area contributed by atoms with E-state index in [-0.39, 0.29) is 0 Å². The number of hydrogen-bond acceptors (Lipinski definition) is 1. The van der Waals surface area contributed by atoms with Crippen LogP contribution in [0.2, 0.25) is 0 Å². The van der Waals surface area contributed by atoms with Crippen molar-refractivity contribution in [1.29, 1.82) is 0 Å². The summed E-state index contributed by atoms with van der Waals surface area (Å²) in [7, 11) is 0. The van der Waals surface area contributed by atoms with Gasteiger partial charge in [0.1, 0.15) is 0 Å². The molecule has 0 bridgehead atoms. The molecular formula is C16H30N2S. The van der Waals surface area contributed by atoms with Crippen LogP contribution in [-0.4, -0.2) is 17.2 Å². The normalized spacial score (nSPS) is 31.6. The Bertz CT molecular complexity index is 294. The molecule has 0 aromatic rings. The zero-order chi connectivity index (χ0) is 14.0. The van der Waals surface area contributed by atoms with E-state index in [4.69, 9.17) is 12.2 Å². The van der Waals surface area contributed by atoms with Crippen LogP contribution < -0.4 is 10.6 Å². The minimum Gasteiger partial charge on any atom is -0.360 e. The van der Waals surface area contributed by atoms with E-state index in [0.29, 0.717) is 12.1 Å². The predicted molar refractivity (Wildman–Crippen MR) is 86.2 cm³/mol. The molecule has 2 saturated carbocycles. The van der Waals surface area contributed by atoms with Gasteiger partial charge in [0.15, 0.2) is 5.11 Å². The molecule has 2 aliphatic carbocycles. The highest BCUT2D eigenvalue weighted by molar-refractivity contribution is 7.80. The summed E-state index contributed by atoms with van der Waals surface area (Å²) in [6.45, 7) is 9.44. The molecule has 2 aliphatic rings. The van der Waals surface area contributed by atoms with Gasteiger partial charge in [0.25, 0.3) is 0 Å². The van der Waals surface area contributed by atoms with Crippen molar-refractivity contribution in [1.82, 2.24) is 10.6 Å². The summed E-state index contributed by atoms with van der Waals surface area (Å²) in [4.78, 5) is 0. The smallest absolute Gasteiger partial charge is 0.166 e. The molecule has 2 fully saturated rings. The van der Waals surface area contributed by atoms with Crippen LogP contribution in [0.3, 0.4) is 0 Å². The van der Waals surface area contributed by atoms with Crippen molar-refractivity contribution in [2.24, 2.45) is 23.7 Å². The van der Waals surface area contributed by atoms with E-state index in [9.17, 15) is 0 Å². The highest BCUT2D eigenvalue weighted by Gasteiger charge is 2.37. The summed E-state index contributed by atoms with van der Waals surface area (Å²) < 4.78 is 0. The molecule has 0 aromatic carbocycles. The van der Waals surface area contributed by atoms with Crippen molar-refractivity contribution in [3.63, 3.8) is 0 Å². The van der Waals surface area contributed by atoms with Gasteiger partial charge in [0.2, 0.25) is 0 Å². The van der Waals surface area contributed by atoms with Crippen molar-refractivity contribution < 1.29 is 0 Å². The van der Waals surface area contributed by atoms with Gasteiger partial charge in [0.05, 0.1) is 0 Å². The molecule has 2 rings (SSSR count). The monoisotopic (exact) mass is 282 g/mol. The van der Waals surface area contributed by atoms with Crippen LogP contribution in [0.25, 0.3) is 0 Å². The van der Waals surface area contributed by atoms with Crippen LogP contribution in [0.1, 0.15) is 59.8 Å². The average Bonchev–Trinajstić information content (AvgIpc) is 3.12.